The predicted molar refractivity (Wildman–Crippen MR) is 135 cm³/mol. The van der Waals surface area contributed by atoms with E-state index in [0.717, 1.165) is 41.5 Å². The number of carbonyl (C=O) groups is 2. The number of hydrogen-bond acceptors (Lipinski definition) is 7. The zero-order valence-electron chi connectivity index (χ0n) is 19.8. The minimum atomic E-state index is -0.591. The Labute approximate surface area is 206 Å². The normalized spacial score (nSPS) is 10.5. The fourth-order valence-electron chi connectivity index (χ4n) is 2.75. The summed E-state index contributed by atoms with van der Waals surface area (Å²) < 4.78 is 21.2. The van der Waals surface area contributed by atoms with Crippen LogP contribution in [0, 0.1) is 0 Å². The number of hydrogen-bond donors (Lipinski definition) is 1. The van der Waals surface area contributed by atoms with E-state index in [-0.39, 0.29) is 12.2 Å². The van der Waals surface area contributed by atoms with Crippen LogP contribution in [-0.2, 0) is 19.1 Å². The van der Waals surface area contributed by atoms with Crippen molar-refractivity contribution in [2.24, 2.45) is 0 Å². The monoisotopic (exact) mass is 480 g/mol. The van der Waals surface area contributed by atoms with Crippen molar-refractivity contribution >= 4 is 24.1 Å². The van der Waals surface area contributed by atoms with Crippen molar-refractivity contribution in [1.29, 1.82) is 0 Å². The summed E-state index contributed by atoms with van der Waals surface area (Å²) in [6.07, 6.45) is 7.25. The van der Waals surface area contributed by atoms with Gasteiger partial charge in [0.2, 0.25) is 0 Å². The molecule has 186 valence electrons. The van der Waals surface area contributed by atoms with E-state index < -0.39 is 18.5 Å². The maximum absolute atomic E-state index is 11.4. The molecule has 0 radical (unpaired) electrons. The van der Waals surface area contributed by atoms with Crippen LogP contribution in [-0.4, -0.2) is 50.1 Å². The van der Waals surface area contributed by atoms with Crippen molar-refractivity contribution in [3.05, 3.63) is 84.5 Å². The van der Waals surface area contributed by atoms with Gasteiger partial charge in [0.15, 0.2) is 0 Å². The summed E-state index contributed by atoms with van der Waals surface area (Å²) in [6, 6.07) is 15.5. The second kappa shape index (κ2) is 15.9. The zero-order valence-corrected chi connectivity index (χ0v) is 19.8. The number of benzene rings is 2. The molecule has 0 aromatic heterocycles. The first-order valence-electron chi connectivity index (χ1n) is 11.4. The molecule has 2 aromatic carbocycles. The summed E-state index contributed by atoms with van der Waals surface area (Å²) in [4.78, 5) is 22.3. The van der Waals surface area contributed by atoms with Crippen molar-refractivity contribution in [2.45, 2.75) is 19.3 Å². The van der Waals surface area contributed by atoms with Gasteiger partial charge in [-0.25, -0.2) is 9.59 Å². The molecule has 0 atom stereocenters. The van der Waals surface area contributed by atoms with Gasteiger partial charge in [0.1, 0.15) is 11.5 Å². The molecular weight excluding hydrogens is 448 g/mol. The van der Waals surface area contributed by atoms with Crippen molar-refractivity contribution in [3.63, 3.8) is 0 Å². The number of aliphatic hydroxyl groups is 1. The Balaban J connectivity index is 1.66. The third-order valence-electron chi connectivity index (χ3n) is 4.72. The van der Waals surface area contributed by atoms with Crippen LogP contribution in [0.15, 0.2) is 73.3 Å². The molecule has 0 aliphatic carbocycles. The SMILES string of the molecule is C=CC(=O)OCCCCOc1ccc(/C=C/c2ccc(OCCCOC(=O)C(=C)CO)cc2)cc1. The molecule has 0 spiro atoms. The highest BCUT2D eigenvalue weighted by atomic mass is 16.5. The van der Waals surface area contributed by atoms with Crippen LogP contribution in [0.5, 0.6) is 11.5 Å². The Morgan fingerprint density at radius 2 is 1.23 bits per heavy atom. The van der Waals surface area contributed by atoms with Gasteiger partial charge in [-0.15, -0.1) is 0 Å². The molecule has 0 aliphatic rings. The van der Waals surface area contributed by atoms with Gasteiger partial charge in [-0.3, -0.25) is 0 Å². The predicted octanol–water partition coefficient (Wildman–Crippen LogP) is 4.61. The number of esters is 2. The fraction of sp³-hybridized carbons (Fsp3) is 0.286. The van der Waals surface area contributed by atoms with Gasteiger partial charge in [0.05, 0.1) is 38.6 Å². The lowest BCUT2D eigenvalue weighted by molar-refractivity contribution is -0.140. The van der Waals surface area contributed by atoms with Crippen LogP contribution in [0.2, 0.25) is 0 Å². The first-order chi connectivity index (χ1) is 17.0. The van der Waals surface area contributed by atoms with Crippen molar-refractivity contribution in [3.8, 4) is 11.5 Å². The third kappa shape index (κ3) is 11.2. The summed E-state index contributed by atoms with van der Waals surface area (Å²) in [5, 5.41) is 8.81. The lowest BCUT2D eigenvalue weighted by atomic mass is 10.1. The molecule has 2 rings (SSSR count). The quantitative estimate of drug-likeness (QED) is 0.162. The maximum atomic E-state index is 11.4. The van der Waals surface area contributed by atoms with Crippen LogP contribution in [0.25, 0.3) is 12.2 Å². The average molecular weight is 481 g/mol. The molecule has 0 amide bonds. The Morgan fingerprint density at radius 1 is 0.743 bits per heavy atom. The fourth-order valence-corrected chi connectivity index (χ4v) is 2.75. The van der Waals surface area contributed by atoms with E-state index in [2.05, 4.69) is 13.2 Å². The molecule has 0 aliphatic heterocycles. The lowest BCUT2D eigenvalue weighted by Gasteiger charge is -2.08. The maximum Gasteiger partial charge on any atom is 0.335 e. The second-order valence-corrected chi connectivity index (χ2v) is 7.50. The van der Waals surface area contributed by atoms with Crippen molar-refractivity contribution in [2.75, 3.05) is 33.0 Å². The van der Waals surface area contributed by atoms with Gasteiger partial charge in [0, 0.05) is 12.5 Å². The zero-order chi connectivity index (χ0) is 25.3. The molecule has 0 saturated carbocycles. The minimum absolute atomic E-state index is 0.0382. The van der Waals surface area contributed by atoms with Gasteiger partial charge in [-0.1, -0.05) is 49.6 Å². The third-order valence-corrected chi connectivity index (χ3v) is 4.72. The van der Waals surface area contributed by atoms with Crippen LogP contribution in [0.4, 0.5) is 0 Å². The largest absolute Gasteiger partial charge is 0.494 e. The molecule has 7 heteroatoms. The van der Waals surface area contributed by atoms with Crippen molar-refractivity contribution < 1.29 is 33.6 Å². The molecule has 0 saturated heterocycles. The van der Waals surface area contributed by atoms with E-state index in [1.165, 1.54) is 0 Å². The first kappa shape index (κ1) is 27.4. The van der Waals surface area contributed by atoms with Crippen molar-refractivity contribution in [1.82, 2.24) is 0 Å². The highest BCUT2D eigenvalue weighted by molar-refractivity contribution is 5.87. The van der Waals surface area contributed by atoms with E-state index >= 15 is 0 Å². The Morgan fingerprint density at radius 3 is 1.74 bits per heavy atom. The van der Waals surface area contributed by atoms with Gasteiger partial charge < -0.3 is 24.1 Å². The Hall–Kier alpha value is -3.84. The number of unbranched alkanes of at least 4 members (excludes halogenated alkanes) is 1. The summed E-state index contributed by atoms with van der Waals surface area (Å²) in [6.45, 7) is 7.89. The van der Waals surface area contributed by atoms with E-state index in [1.807, 2.05) is 60.7 Å². The highest BCUT2D eigenvalue weighted by Gasteiger charge is 2.06. The van der Waals surface area contributed by atoms with Crippen LogP contribution < -0.4 is 9.47 Å². The molecular formula is C28H32O7. The van der Waals surface area contributed by atoms with Gasteiger partial charge in [-0.2, -0.15) is 0 Å². The summed E-state index contributed by atoms with van der Waals surface area (Å²) in [5.74, 6) is 0.526. The Kier molecular flexibility index (Phi) is 12.5. The first-order valence-corrected chi connectivity index (χ1v) is 11.4. The second-order valence-electron chi connectivity index (χ2n) is 7.50. The van der Waals surface area contributed by atoms with E-state index in [4.69, 9.17) is 24.1 Å². The van der Waals surface area contributed by atoms with E-state index in [0.29, 0.717) is 26.2 Å². The molecule has 0 heterocycles. The molecule has 1 N–H and O–H groups in total. The number of ether oxygens (including phenoxy) is 4. The standard InChI is InChI=1S/C28H32O7/c1-3-27(30)34-18-5-4-17-32-25-13-9-23(10-14-25)7-8-24-11-15-26(16-12-24)33-19-6-20-35-28(31)22(2)21-29/h3,7-16,29H,1-2,4-6,17-21H2/b8-7+. The van der Waals surface area contributed by atoms with E-state index in [1.54, 1.807) is 0 Å². The molecule has 2 aromatic rings. The summed E-state index contributed by atoms with van der Waals surface area (Å²) >= 11 is 0. The minimum Gasteiger partial charge on any atom is -0.494 e. The summed E-state index contributed by atoms with van der Waals surface area (Å²) in [7, 11) is 0. The molecule has 35 heavy (non-hydrogen) atoms. The summed E-state index contributed by atoms with van der Waals surface area (Å²) in [5.41, 5.74) is 2.12. The highest BCUT2D eigenvalue weighted by Crippen LogP contribution is 2.17. The van der Waals surface area contributed by atoms with Gasteiger partial charge >= 0.3 is 11.9 Å². The molecule has 0 fully saturated rings. The van der Waals surface area contributed by atoms with Gasteiger partial charge in [0.25, 0.3) is 0 Å². The number of aliphatic hydroxyl groups excluding tert-OH is 1. The Bertz CT molecular complexity index is 975. The van der Waals surface area contributed by atoms with E-state index in [9.17, 15) is 9.59 Å². The molecule has 0 bridgehead atoms. The number of carbonyl (C=O) groups excluding carboxylic acids is 2. The lowest BCUT2D eigenvalue weighted by Crippen LogP contribution is -2.12. The topological polar surface area (TPSA) is 91.3 Å². The van der Waals surface area contributed by atoms with Crippen LogP contribution in [0.1, 0.15) is 30.4 Å². The van der Waals surface area contributed by atoms with Gasteiger partial charge in [-0.05, 0) is 48.2 Å². The van der Waals surface area contributed by atoms with Crippen LogP contribution >= 0.6 is 0 Å². The number of rotatable bonds is 16. The van der Waals surface area contributed by atoms with Crippen LogP contribution in [0.3, 0.4) is 0 Å². The molecule has 0 unspecified atom stereocenters. The average Bonchev–Trinajstić information content (AvgIpc) is 2.89. The smallest absolute Gasteiger partial charge is 0.335 e. The molecule has 7 nitrogen and oxygen atoms in total.